The van der Waals surface area contributed by atoms with E-state index >= 15 is 0 Å². The number of hydrogen-bond acceptors (Lipinski definition) is 6. The Balaban J connectivity index is 1.29. The lowest BCUT2D eigenvalue weighted by molar-refractivity contribution is -0.115. The summed E-state index contributed by atoms with van der Waals surface area (Å²) in [5, 5.41) is 7.00. The Morgan fingerprint density at radius 1 is 1.40 bits per heavy atom. The number of nitrogens with zero attached hydrogens (tertiary/aromatic N) is 3. The minimum absolute atomic E-state index is 0.148. The topological polar surface area (TPSA) is 76.0 Å². The van der Waals surface area contributed by atoms with E-state index < -0.39 is 0 Å². The quantitative estimate of drug-likeness (QED) is 0.885. The Bertz CT molecular complexity index is 645. The smallest absolute Gasteiger partial charge is 0.269 e. The number of nitrogens with one attached hydrogen (secondary N) is 1. The summed E-state index contributed by atoms with van der Waals surface area (Å²) in [6.45, 7) is 3.99. The molecule has 7 heteroatoms. The fourth-order valence-electron chi connectivity index (χ4n) is 3.89. The van der Waals surface area contributed by atoms with Gasteiger partial charge in [0, 0.05) is 64.1 Å². The zero-order chi connectivity index (χ0) is 17.1. The van der Waals surface area contributed by atoms with Gasteiger partial charge >= 0.3 is 0 Å². The molecule has 0 saturated carbocycles. The number of pyridine rings is 1. The molecule has 1 amide bonds. The summed E-state index contributed by atoms with van der Waals surface area (Å²) < 4.78 is 5.45. The second kappa shape index (κ2) is 7.09. The van der Waals surface area contributed by atoms with Crippen LogP contribution in [-0.2, 0) is 20.9 Å². The standard InChI is InChI=1S/C18H24N4O3/c23-17(20-12-14-2-1-6-19-11-14)16-10-18(25-21-16)5-7-22(13-18)15-3-8-24-9-4-15/h1-2,6,11,15H,3-5,7-10,12-13H2,(H,20,23)/t18-/m0/s1. The molecule has 0 radical (unpaired) electrons. The Morgan fingerprint density at radius 3 is 3.08 bits per heavy atom. The van der Waals surface area contributed by atoms with Crippen molar-refractivity contribution in [3.05, 3.63) is 30.1 Å². The van der Waals surface area contributed by atoms with Crippen molar-refractivity contribution < 1.29 is 14.4 Å². The van der Waals surface area contributed by atoms with Crippen LogP contribution in [0.25, 0.3) is 0 Å². The fourth-order valence-corrected chi connectivity index (χ4v) is 3.89. The van der Waals surface area contributed by atoms with Crippen LogP contribution in [0, 0.1) is 0 Å². The molecule has 7 nitrogen and oxygen atoms in total. The number of rotatable bonds is 4. The van der Waals surface area contributed by atoms with Gasteiger partial charge in [-0.25, -0.2) is 0 Å². The number of amides is 1. The van der Waals surface area contributed by atoms with Gasteiger partial charge in [0.05, 0.1) is 0 Å². The molecule has 0 aliphatic carbocycles. The van der Waals surface area contributed by atoms with E-state index in [0.29, 0.717) is 24.7 Å². The van der Waals surface area contributed by atoms with Crippen LogP contribution in [0.15, 0.2) is 29.7 Å². The van der Waals surface area contributed by atoms with Crippen LogP contribution in [0.1, 0.15) is 31.2 Å². The van der Waals surface area contributed by atoms with Crippen molar-refractivity contribution in [3.63, 3.8) is 0 Å². The van der Waals surface area contributed by atoms with Crippen molar-refractivity contribution in [1.29, 1.82) is 0 Å². The molecule has 1 aromatic heterocycles. The average Bonchev–Trinajstić information content (AvgIpc) is 3.29. The molecular formula is C18H24N4O3. The Hall–Kier alpha value is -1.99. The van der Waals surface area contributed by atoms with Gasteiger partial charge in [-0.3, -0.25) is 14.7 Å². The zero-order valence-electron chi connectivity index (χ0n) is 14.3. The van der Waals surface area contributed by atoms with Crippen molar-refractivity contribution in [2.24, 2.45) is 5.16 Å². The van der Waals surface area contributed by atoms with Crippen LogP contribution in [0.2, 0.25) is 0 Å². The summed E-state index contributed by atoms with van der Waals surface area (Å²) in [6.07, 6.45) is 7.13. The number of ether oxygens (including phenoxy) is 1. The van der Waals surface area contributed by atoms with Crippen LogP contribution in [-0.4, -0.2) is 59.4 Å². The van der Waals surface area contributed by atoms with Gasteiger partial charge in [-0.1, -0.05) is 11.2 Å². The van der Waals surface area contributed by atoms with E-state index in [2.05, 4.69) is 20.4 Å². The van der Waals surface area contributed by atoms with Crippen molar-refractivity contribution in [1.82, 2.24) is 15.2 Å². The fraction of sp³-hybridized carbons (Fsp3) is 0.611. The summed E-state index contributed by atoms with van der Waals surface area (Å²) in [6, 6.07) is 4.36. The molecule has 3 aliphatic heterocycles. The molecule has 2 saturated heterocycles. The minimum atomic E-state index is -0.320. The normalized spacial score (nSPS) is 27.3. The summed E-state index contributed by atoms with van der Waals surface area (Å²) in [5.41, 5.74) is 1.15. The van der Waals surface area contributed by atoms with E-state index in [-0.39, 0.29) is 11.5 Å². The van der Waals surface area contributed by atoms with Crippen LogP contribution >= 0.6 is 0 Å². The highest BCUT2D eigenvalue weighted by molar-refractivity contribution is 6.39. The summed E-state index contributed by atoms with van der Waals surface area (Å²) in [5.74, 6) is -0.148. The maximum atomic E-state index is 12.4. The number of carbonyl (C=O) groups is 1. The van der Waals surface area contributed by atoms with E-state index in [1.807, 2.05) is 12.1 Å². The Labute approximate surface area is 147 Å². The SMILES string of the molecule is O=C(NCc1cccnc1)C1=NO[C@@]2(CCN(C3CCOCC3)C2)C1. The predicted octanol–water partition coefficient (Wildman–Crippen LogP) is 1.10. The summed E-state index contributed by atoms with van der Waals surface area (Å²) >= 11 is 0. The predicted molar refractivity (Wildman–Crippen MR) is 92.0 cm³/mol. The van der Waals surface area contributed by atoms with Gasteiger partial charge in [-0.15, -0.1) is 0 Å². The van der Waals surface area contributed by atoms with E-state index in [4.69, 9.17) is 9.57 Å². The minimum Gasteiger partial charge on any atom is -0.387 e. The highest BCUT2D eigenvalue weighted by Crippen LogP contribution is 2.36. The molecule has 3 aliphatic rings. The number of likely N-dealkylation sites (tertiary alicyclic amines) is 1. The third-order valence-electron chi connectivity index (χ3n) is 5.33. The first kappa shape index (κ1) is 16.5. The number of oxime groups is 1. The van der Waals surface area contributed by atoms with E-state index in [1.165, 1.54) is 0 Å². The van der Waals surface area contributed by atoms with Crippen LogP contribution in [0.4, 0.5) is 0 Å². The van der Waals surface area contributed by atoms with E-state index in [0.717, 1.165) is 51.1 Å². The molecule has 0 aromatic carbocycles. The van der Waals surface area contributed by atoms with Crippen LogP contribution in [0.5, 0.6) is 0 Å². The van der Waals surface area contributed by atoms with Gasteiger partial charge in [-0.05, 0) is 24.5 Å². The molecule has 2 fully saturated rings. The van der Waals surface area contributed by atoms with Gasteiger partial charge in [0.15, 0.2) is 5.60 Å². The molecule has 4 rings (SSSR count). The van der Waals surface area contributed by atoms with E-state index in [1.54, 1.807) is 12.4 Å². The molecule has 4 heterocycles. The van der Waals surface area contributed by atoms with Gasteiger partial charge < -0.3 is 14.9 Å². The second-order valence-electron chi connectivity index (χ2n) is 7.10. The van der Waals surface area contributed by atoms with Crippen molar-refractivity contribution >= 4 is 11.6 Å². The summed E-state index contributed by atoms with van der Waals surface area (Å²) in [7, 11) is 0. The van der Waals surface area contributed by atoms with Crippen molar-refractivity contribution in [2.75, 3.05) is 26.3 Å². The molecule has 0 unspecified atom stereocenters. The second-order valence-corrected chi connectivity index (χ2v) is 7.10. The number of hydrogen-bond donors (Lipinski definition) is 1. The summed E-state index contributed by atoms with van der Waals surface area (Å²) in [4.78, 5) is 24.7. The molecule has 0 bridgehead atoms. The molecule has 25 heavy (non-hydrogen) atoms. The van der Waals surface area contributed by atoms with Crippen LogP contribution < -0.4 is 5.32 Å². The van der Waals surface area contributed by atoms with Gasteiger partial charge in [-0.2, -0.15) is 0 Å². The van der Waals surface area contributed by atoms with Crippen molar-refractivity contribution in [2.45, 2.75) is 43.9 Å². The van der Waals surface area contributed by atoms with Gasteiger partial charge in [0.1, 0.15) is 5.71 Å². The van der Waals surface area contributed by atoms with Crippen molar-refractivity contribution in [3.8, 4) is 0 Å². The lowest BCUT2D eigenvalue weighted by Gasteiger charge is -2.31. The first-order valence-electron chi connectivity index (χ1n) is 8.98. The highest BCUT2D eigenvalue weighted by Gasteiger charge is 2.48. The molecule has 1 spiro atoms. The maximum Gasteiger partial charge on any atom is 0.269 e. The first-order valence-corrected chi connectivity index (χ1v) is 8.98. The maximum absolute atomic E-state index is 12.4. The largest absolute Gasteiger partial charge is 0.387 e. The number of aromatic nitrogens is 1. The number of carbonyl (C=O) groups excluding carboxylic acids is 1. The highest BCUT2D eigenvalue weighted by atomic mass is 16.7. The lowest BCUT2D eigenvalue weighted by Crippen LogP contribution is -2.42. The first-order chi connectivity index (χ1) is 12.2. The average molecular weight is 344 g/mol. The van der Waals surface area contributed by atoms with E-state index in [9.17, 15) is 4.79 Å². The monoisotopic (exact) mass is 344 g/mol. The van der Waals surface area contributed by atoms with Gasteiger partial charge in [0.2, 0.25) is 0 Å². The van der Waals surface area contributed by atoms with Crippen LogP contribution in [0.3, 0.4) is 0 Å². The molecule has 1 atom stereocenters. The zero-order valence-corrected chi connectivity index (χ0v) is 14.3. The lowest BCUT2D eigenvalue weighted by atomic mass is 9.96. The molecular weight excluding hydrogens is 320 g/mol. The molecule has 1 aromatic rings. The molecule has 1 N–H and O–H groups in total. The Morgan fingerprint density at radius 2 is 2.28 bits per heavy atom. The third-order valence-corrected chi connectivity index (χ3v) is 5.33. The van der Waals surface area contributed by atoms with Gasteiger partial charge in [0.25, 0.3) is 5.91 Å². The third kappa shape index (κ3) is 3.67. The molecule has 134 valence electrons. The Kier molecular flexibility index (Phi) is 4.67.